The SMILES string of the molecule is Cc1ccc(-c2ccc(O)cc2)cc1C12CC3CC(CC(C3)C1)C2. The van der Waals surface area contributed by atoms with Crippen molar-refractivity contribution >= 4 is 0 Å². The largest absolute Gasteiger partial charge is 0.508 e. The lowest BCUT2D eigenvalue weighted by Gasteiger charge is -2.57. The first-order valence-corrected chi connectivity index (χ1v) is 9.52. The average Bonchev–Trinajstić information content (AvgIpc) is 2.55. The molecule has 0 atom stereocenters. The van der Waals surface area contributed by atoms with Crippen LogP contribution < -0.4 is 0 Å². The molecule has 0 heterocycles. The topological polar surface area (TPSA) is 20.2 Å². The van der Waals surface area contributed by atoms with Gasteiger partial charge in [0.25, 0.3) is 0 Å². The first-order chi connectivity index (χ1) is 11.6. The summed E-state index contributed by atoms with van der Waals surface area (Å²) < 4.78 is 0. The second-order valence-electron chi connectivity index (χ2n) is 8.77. The van der Waals surface area contributed by atoms with Crippen molar-refractivity contribution in [3.8, 4) is 16.9 Å². The van der Waals surface area contributed by atoms with Gasteiger partial charge in [-0.1, -0.05) is 30.3 Å². The predicted octanol–water partition coefficient (Wildman–Crippen LogP) is 5.84. The van der Waals surface area contributed by atoms with E-state index in [1.807, 2.05) is 12.1 Å². The standard InChI is InChI=1S/C23H26O/c1-15-2-3-20(19-4-6-21(24)7-5-19)11-22(15)23-12-16-8-17(13-23)10-18(9-16)14-23/h2-7,11,16-18,24H,8-10,12-14H2,1H3. The molecule has 0 saturated heterocycles. The lowest BCUT2D eigenvalue weighted by Crippen LogP contribution is -2.48. The molecule has 4 bridgehead atoms. The Morgan fingerprint density at radius 2 is 1.33 bits per heavy atom. The van der Waals surface area contributed by atoms with Gasteiger partial charge in [-0.2, -0.15) is 0 Å². The van der Waals surface area contributed by atoms with E-state index in [2.05, 4.69) is 25.1 Å². The van der Waals surface area contributed by atoms with Crippen molar-refractivity contribution in [2.45, 2.75) is 50.9 Å². The van der Waals surface area contributed by atoms with Crippen molar-refractivity contribution in [3.05, 3.63) is 53.6 Å². The molecule has 24 heavy (non-hydrogen) atoms. The molecule has 1 N–H and O–H groups in total. The van der Waals surface area contributed by atoms with Crippen molar-refractivity contribution in [3.63, 3.8) is 0 Å². The molecule has 0 radical (unpaired) electrons. The molecule has 4 aliphatic rings. The molecule has 0 aromatic heterocycles. The first kappa shape index (κ1) is 14.6. The normalized spacial score (nSPS) is 33.8. The van der Waals surface area contributed by atoms with Gasteiger partial charge in [0.2, 0.25) is 0 Å². The average molecular weight is 318 g/mol. The highest BCUT2D eigenvalue weighted by molar-refractivity contribution is 5.66. The summed E-state index contributed by atoms with van der Waals surface area (Å²) >= 11 is 0. The van der Waals surface area contributed by atoms with E-state index in [4.69, 9.17) is 0 Å². The van der Waals surface area contributed by atoms with E-state index in [9.17, 15) is 5.11 Å². The van der Waals surface area contributed by atoms with E-state index in [0.29, 0.717) is 11.2 Å². The molecule has 4 aliphatic carbocycles. The third-order valence-electron chi connectivity index (χ3n) is 7.05. The number of phenols is 1. The number of aromatic hydroxyl groups is 1. The van der Waals surface area contributed by atoms with E-state index >= 15 is 0 Å². The van der Waals surface area contributed by atoms with Crippen LogP contribution in [0.5, 0.6) is 5.75 Å². The summed E-state index contributed by atoms with van der Waals surface area (Å²) in [6.45, 7) is 2.30. The highest BCUT2D eigenvalue weighted by Crippen LogP contribution is 2.61. The fourth-order valence-electron chi connectivity index (χ4n) is 6.47. The molecular formula is C23H26O. The monoisotopic (exact) mass is 318 g/mol. The Morgan fingerprint density at radius 1 is 0.792 bits per heavy atom. The van der Waals surface area contributed by atoms with Crippen LogP contribution in [0.1, 0.15) is 49.7 Å². The summed E-state index contributed by atoms with van der Waals surface area (Å²) in [7, 11) is 0. The number of rotatable bonds is 2. The molecule has 4 fully saturated rings. The van der Waals surface area contributed by atoms with E-state index in [-0.39, 0.29) is 0 Å². The Morgan fingerprint density at radius 3 is 1.92 bits per heavy atom. The van der Waals surface area contributed by atoms with Gasteiger partial charge >= 0.3 is 0 Å². The minimum atomic E-state index is 0.340. The summed E-state index contributed by atoms with van der Waals surface area (Å²) in [5.41, 5.74) is 6.04. The summed E-state index contributed by atoms with van der Waals surface area (Å²) in [6.07, 6.45) is 8.73. The maximum absolute atomic E-state index is 9.56. The Kier molecular flexibility index (Phi) is 3.11. The third-order valence-corrected chi connectivity index (χ3v) is 7.05. The Labute approximate surface area is 144 Å². The van der Waals surface area contributed by atoms with Crippen molar-refractivity contribution in [1.29, 1.82) is 0 Å². The van der Waals surface area contributed by atoms with Gasteiger partial charge in [0, 0.05) is 0 Å². The van der Waals surface area contributed by atoms with Crippen LogP contribution in [0, 0.1) is 24.7 Å². The van der Waals surface area contributed by atoms with Gasteiger partial charge in [-0.3, -0.25) is 0 Å². The zero-order chi connectivity index (χ0) is 16.3. The van der Waals surface area contributed by atoms with Crippen molar-refractivity contribution < 1.29 is 5.11 Å². The molecule has 6 rings (SSSR count). The second-order valence-corrected chi connectivity index (χ2v) is 8.77. The highest BCUT2D eigenvalue weighted by atomic mass is 16.3. The van der Waals surface area contributed by atoms with Gasteiger partial charge in [-0.15, -0.1) is 0 Å². The number of benzene rings is 2. The maximum Gasteiger partial charge on any atom is 0.115 e. The second kappa shape index (κ2) is 5.12. The van der Waals surface area contributed by atoms with Gasteiger partial charge in [-0.05, 0) is 103 Å². The van der Waals surface area contributed by atoms with Crippen LogP contribution in [-0.4, -0.2) is 5.11 Å². The van der Waals surface area contributed by atoms with Crippen LogP contribution in [0.15, 0.2) is 42.5 Å². The van der Waals surface area contributed by atoms with Gasteiger partial charge in [0.1, 0.15) is 5.75 Å². The van der Waals surface area contributed by atoms with Gasteiger partial charge in [0.05, 0.1) is 0 Å². The lowest BCUT2D eigenvalue weighted by molar-refractivity contribution is -0.00544. The fourth-order valence-corrected chi connectivity index (χ4v) is 6.47. The lowest BCUT2D eigenvalue weighted by atomic mass is 9.47. The smallest absolute Gasteiger partial charge is 0.115 e. The molecular weight excluding hydrogens is 292 g/mol. The van der Waals surface area contributed by atoms with E-state index in [1.165, 1.54) is 55.2 Å². The number of phenolic OH excluding ortho intramolecular Hbond substituents is 1. The summed E-state index contributed by atoms with van der Waals surface area (Å²) in [4.78, 5) is 0. The van der Waals surface area contributed by atoms with Crippen LogP contribution in [0.4, 0.5) is 0 Å². The molecule has 0 aliphatic heterocycles. The molecule has 2 aromatic carbocycles. The zero-order valence-electron chi connectivity index (χ0n) is 14.5. The van der Waals surface area contributed by atoms with Gasteiger partial charge in [-0.25, -0.2) is 0 Å². The molecule has 1 heteroatoms. The number of hydrogen-bond donors (Lipinski definition) is 1. The third kappa shape index (κ3) is 2.21. The van der Waals surface area contributed by atoms with E-state index in [1.54, 1.807) is 17.7 Å². The summed E-state index contributed by atoms with van der Waals surface area (Å²) in [6, 6.07) is 14.7. The maximum atomic E-state index is 9.56. The highest BCUT2D eigenvalue weighted by Gasteiger charge is 2.51. The van der Waals surface area contributed by atoms with Crippen LogP contribution in [0.2, 0.25) is 0 Å². The zero-order valence-corrected chi connectivity index (χ0v) is 14.5. The summed E-state index contributed by atoms with van der Waals surface area (Å²) in [5.74, 6) is 3.28. The van der Waals surface area contributed by atoms with Crippen LogP contribution in [0.3, 0.4) is 0 Å². The first-order valence-electron chi connectivity index (χ1n) is 9.52. The van der Waals surface area contributed by atoms with Crippen molar-refractivity contribution in [2.75, 3.05) is 0 Å². The molecule has 0 amide bonds. The molecule has 124 valence electrons. The molecule has 4 saturated carbocycles. The van der Waals surface area contributed by atoms with E-state index in [0.717, 1.165) is 17.8 Å². The molecule has 1 nitrogen and oxygen atoms in total. The molecule has 2 aromatic rings. The van der Waals surface area contributed by atoms with E-state index < -0.39 is 0 Å². The summed E-state index contributed by atoms with van der Waals surface area (Å²) in [5, 5.41) is 9.56. The van der Waals surface area contributed by atoms with Crippen molar-refractivity contribution in [2.24, 2.45) is 17.8 Å². The Balaban J connectivity index is 1.58. The Bertz CT molecular complexity index is 736. The molecule has 0 spiro atoms. The Hall–Kier alpha value is -1.76. The number of aryl methyl sites for hydroxylation is 1. The predicted molar refractivity (Wildman–Crippen MR) is 98.1 cm³/mol. The molecule has 0 unspecified atom stereocenters. The minimum Gasteiger partial charge on any atom is -0.508 e. The van der Waals surface area contributed by atoms with Gasteiger partial charge < -0.3 is 5.11 Å². The quantitative estimate of drug-likeness (QED) is 0.738. The number of hydrogen-bond acceptors (Lipinski definition) is 1. The van der Waals surface area contributed by atoms with Crippen LogP contribution in [-0.2, 0) is 5.41 Å². The van der Waals surface area contributed by atoms with Crippen LogP contribution in [0.25, 0.3) is 11.1 Å². The fraction of sp³-hybridized carbons (Fsp3) is 0.478. The van der Waals surface area contributed by atoms with Crippen molar-refractivity contribution in [1.82, 2.24) is 0 Å². The van der Waals surface area contributed by atoms with Gasteiger partial charge in [0.15, 0.2) is 0 Å². The minimum absolute atomic E-state index is 0.340. The van der Waals surface area contributed by atoms with Crippen LogP contribution >= 0.6 is 0 Å².